The SMILES string of the molecule is CN(C)C1CCC(O)C(O)C1. The number of aliphatic hydroxyl groups excluding tert-OH is 2. The number of rotatable bonds is 1. The van der Waals surface area contributed by atoms with Gasteiger partial charge in [0.2, 0.25) is 0 Å². The highest BCUT2D eigenvalue weighted by atomic mass is 16.3. The lowest BCUT2D eigenvalue weighted by molar-refractivity contribution is -0.0307. The van der Waals surface area contributed by atoms with Crippen molar-refractivity contribution in [3.05, 3.63) is 0 Å². The summed E-state index contributed by atoms with van der Waals surface area (Å²) < 4.78 is 0. The van der Waals surface area contributed by atoms with Crippen molar-refractivity contribution in [3.63, 3.8) is 0 Å². The first-order chi connectivity index (χ1) is 5.11. The first kappa shape index (κ1) is 8.97. The average Bonchev–Trinajstić information content (AvgIpc) is 1.94. The Balaban J connectivity index is 2.40. The van der Waals surface area contributed by atoms with Gasteiger partial charge in [0.25, 0.3) is 0 Å². The standard InChI is InChI=1S/C8H17NO2/c1-9(2)6-3-4-7(10)8(11)5-6/h6-8,10-11H,3-5H2,1-2H3. The molecule has 3 nitrogen and oxygen atoms in total. The third kappa shape index (κ3) is 2.15. The summed E-state index contributed by atoms with van der Waals surface area (Å²) in [6.07, 6.45) is 1.41. The maximum atomic E-state index is 9.32. The molecule has 1 aliphatic rings. The van der Waals surface area contributed by atoms with E-state index in [1.54, 1.807) is 0 Å². The second-order valence-electron chi connectivity index (χ2n) is 3.57. The van der Waals surface area contributed by atoms with Crippen LogP contribution in [0.2, 0.25) is 0 Å². The Kier molecular flexibility index (Phi) is 2.87. The van der Waals surface area contributed by atoms with E-state index in [0.717, 1.165) is 12.8 Å². The molecule has 0 aromatic heterocycles. The maximum absolute atomic E-state index is 9.32. The molecule has 0 aromatic carbocycles. The second kappa shape index (κ2) is 3.52. The normalized spacial score (nSPS) is 39.5. The molecule has 3 unspecified atom stereocenters. The van der Waals surface area contributed by atoms with Crippen molar-refractivity contribution in [2.24, 2.45) is 0 Å². The molecule has 0 bridgehead atoms. The van der Waals surface area contributed by atoms with E-state index in [0.29, 0.717) is 12.5 Å². The van der Waals surface area contributed by atoms with E-state index in [1.165, 1.54) is 0 Å². The predicted molar refractivity (Wildman–Crippen MR) is 43.3 cm³/mol. The second-order valence-corrected chi connectivity index (χ2v) is 3.57. The molecule has 1 saturated carbocycles. The van der Waals surface area contributed by atoms with Gasteiger partial charge in [0.15, 0.2) is 0 Å². The molecule has 0 heterocycles. The van der Waals surface area contributed by atoms with Crippen LogP contribution in [-0.2, 0) is 0 Å². The third-order valence-corrected chi connectivity index (χ3v) is 2.48. The smallest absolute Gasteiger partial charge is 0.0814 e. The van der Waals surface area contributed by atoms with Crippen LogP contribution in [0.15, 0.2) is 0 Å². The van der Waals surface area contributed by atoms with Crippen LogP contribution in [0.25, 0.3) is 0 Å². The monoisotopic (exact) mass is 159 g/mol. The quantitative estimate of drug-likeness (QED) is 0.558. The zero-order valence-corrected chi connectivity index (χ0v) is 7.20. The molecule has 0 spiro atoms. The summed E-state index contributed by atoms with van der Waals surface area (Å²) in [6.45, 7) is 0. The predicted octanol–water partition coefficient (Wildman–Crippen LogP) is -0.178. The van der Waals surface area contributed by atoms with E-state index in [1.807, 2.05) is 14.1 Å². The minimum Gasteiger partial charge on any atom is -0.390 e. The fourth-order valence-electron chi connectivity index (χ4n) is 1.58. The largest absolute Gasteiger partial charge is 0.390 e. The summed E-state index contributed by atoms with van der Waals surface area (Å²) in [7, 11) is 4.02. The van der Waals surface area contributed by atoms with E-state index >= 15 is 0 Å². The van der Waals surface area contributed by atoms with Gasteiger partial charge in [0.1, 0.15) is 0 Å². The Morgan fingerprint density at radius 2 is 1.73 bits per heavy atom. The molecule has 0 amide bonds. The molecule has 1 aliphatic carbocycles. The number of hydrogen-bond donors (Lipinski definition) is 2. The molecule has 0 aromatic rings. The highest BCUT2D eigenvalue weighted by Crippen LogP contribution is 2.21. The van der Waals surface area contributed by atoms with Crippen LogP contribution in [0, 0.1) is 0 Å². The first-order valence-electron chi connectivity index (χ1n) is 4.14. The zero-order valence-electron chi connectivity index (χ0n) is 7.20. The maximum Gasteiger partial charge on any atom is 0.0814 e. The van der Waals surface area contributed by atoms with Gasteiger partial charge in [-0.2, -0.15) is 0 Å². The van der Waals surface area contributed by atoms with E-state index < -0.39 is 12.2 Å². The van der Waals surface area contributed by atoms with Crippen LogP contribution in [-0.4, -0.2) is 47.5 Å². The van der Waals surface area contributed by atoms with Gasteiger partial charge in [-0.25, -0.2) is 0 Å². The minimum absolute atomic E-state index is 0.438. The van der Waals surface area contributed by atoms with Crippen LogP contribution in [0.1, 0.15) is 19.3 Å². The molecule has 3 atom stereocenters. The van der Waals surface area contributed by atoms with E-state index in [2.05, 4.69) is 4.90 Å². The van der Waals surface area contributed by atoms with Crippen LogP contribution in [0.4, 0.5) is 0 Å². The summed E-state index contributed by atoms with van der Waals surface area (Å²) in [5.74, 6) is 0. The number of hydrogen-bond acceptors (Lipinski definition) is 3. The van der Waals surface area contributed by atoms with E-state index in [4.69, 9.17) is 0 Å². The summed E-state index contributed by atoms with van der Waals surface area (Å²) >= 11 is 0. The molecule has 2 N–H and O–H groups in total. The van der Waals surface area contributed by atoms with E-state index in [-0.39, 0.29) is 0 Å². The van der Waals surface area contributed by atoms with Gasteiger partial charge in [-0.05, 0) is 33.4 Å². The van der Waals surface area contributed by atoms with Gasteiger partial charge in [0, 0.05) is 6.04 Å². The van der Waals surface area contributed by atoms with Crippen molar-refractivity contribution < 1.29 is 10.2 Å². The van der Waals surface area contributed by atoms with Crippen LogP contribution < -0.4 is 0 Å². The molecule has 0 aliphatic heterocycles. The zero-order chi connectivity index (χ0) is 8.43. The highest BCUT2D eigenvalue weighted by Gasteiger charge is 2.28. The van der Waals surface area contributed by atoms with Gasteiger partial charge in [-0.15, -0.1) is 0 Å². The average molecular weight is 159 g/mol. The Morgan fingerprint density at radius 1 is 1.09 bits per heavy atom. The summed E-state index contributed by atoms with van der Waals surface area (Å²) in [5, 5.41) is 18.5. The van der Waals surface area contributed by atoms with Gasteiger partial charge < -0.3 is 15.1 Å². The van der Waals surface area contributed by atoms with Crippen molar-refractivity contribution in [1.29, 1.82) is 0 Å². The fraction of sp³-hybridized carbons (Fsp3) is 1.00. The molecule has 0 radical (unpaired) electrons. The lowest BCUT2D eigenvalue weighted by atomic mass is 9.90. The molecule has 1 rings (SSSR count). The van der Waals surface area contributed by atoms with Crippen molar-refractivity contribution in [1.82, 2.24) is 4.90 Å². The minimum atomic E-state index is -0.517. The molecule has 3 heteroatoms. The molecule has 66 valence electrons. The van der Waals surface area contributed by atoms with Gasteiger partial charge in [-0.3, -0.25) is 0 Å². The first-order valence-corrected chi connectivity index (χ1v) is 4.14. The van der Waals surface area contributed by atoms with Crippen molar-refractivity contribution in [2.75, 3.05) is 14.1 Å². The van der Waals surface area contributed by atoms with Gasteiger partial charge >= 0.3 is 0 Å². The number of aliphatic hydroxyl groups is 2. The van der Waals surface area contributed by atoms with Crippen molar-refractivity contribution >= 4 is 0 Å². The van der Waals surface area contributed by atoms with Crippen molar-refractivity contribution in [3.8, 4) is 0 Å². The summed E-state index contributed by atoms with van der Waals surface area (Å²) in [4.78, 5) is 2.11. The van der Waals surface area contributed by atoms with Gasteiger partial charge in [-0.1, -0.05) is 0 Å². The summed E-state index contributed by atoms with van der Waals surface area (Å²) in [6, 6.07) is 0.438. The fourth-order valence-corrected chi connectivity index (χ4v) is 1.58. The number of nitrogens with zero attached hydrogens (tertiary/aromatic N) is 1. The lowest BCUT2D eigenvalue weighted by Crippen LogP contribution is -2.41. The third-order valence-electron chi connectivity index (χ3n) is 2.48. The Hall–Kier alpha value is -0.120. The lowest BCUT2D eigenvalue weighted by Gasteiger charge is -2.33. The molecule has 0 saturated heterocycles. The van der Waals surface area contributed by atoms with Crippen LogP contribution in [0.5, 0.6) is 0 Å². The highest BCUT2D eigenvalue weighted by molar-refractivity contribution is 4.82. The summed E-state index contributed by atoms with van der Waals surface area (Å²) in [5.41, 5.74) is 0. The van der Waals surface area contributed by atoms with E-state index in [9.17, 15) is 10.2 Å². The molecule has 11 heavy (non-hydrogen) atoms. The van der Waals surface area contributed by atoms with Crippen molar-refractivity contribution in [2.45, 2.75) is 37.5 Å². The molecular weight excluding hydrogens is 142 g/mol. The van der Waals surface area contributed by atoms with Crippen LogP contribution in [0.3, 0.4) is 0 Å². The van der Waals surface area contributed by atoms with Gasteiger partial charge in [0.05, 0.1) is 12.2 Å². The Morgan fingerprint density at radius 3 is 2.18 bits per heavy atom. The molecule has 1 fully saturated rings. The topological polar surface area (TPSA) is 43.7 Å². The van der Waals surface area contributed by atoms with Crippen LogP contribution >= 0.6 is 0 Å². The Labute approximate surface area is 67.6 Å². The Bertz CT molecular complexity index is 127. The molecular formula is C8H17NO2.